The Balaban J connectivity index is 1.64. The van der Waals surface area contributed by atoms with Crippen LogP contribution >= 0.6 is 0 Å². The highest BCUT2D eigenvalue weighted by molar-refractivity contribution is 5.60. The van der Waals surface area contributed by atoms with Crippen LogP contribution in [0.2, 0.25) is 0 Å². The summed E-state index contributed by atoms with van der Waals surface area (Å²) >= 11 is 0. The summed E-state index contributed by atoms with van der Waals surface area (Å²) in [6.07, 6.45) is 3.46. The maximum Gasteiger partial charge on any atom is 0.268 e. The molecule has 4 rings (SSSR count). The minimum absolute atomic E-state index is 0.00695. The molecule has 0 aliphatic carbocycles. The number of rotatable bonds is 3. The van der Waals surface area contributed by atoms with Gasteiger partial charge >= 0.3 is 0 Å². The van der Waals surface area contributed by atoms with E-state index in [1.54, 1.807) is 0 Å². The zero-order chi connectivity index (χ0) is 17.9. The fourth-order valence-electron chi connectivity index (χ4n) is 3.34. The van der Waals surface area contributed by atoms with E-state index in [0.717, 1.165) is 38.5 Å². The quantitative estimate of drug-likeness (QED) is 0.904. The van der Waals surface area contributed by atoms with Crippen molar-refractivity contribution >= 4 is 5.82 Å². The second-order valence-electron chi connectivity index (χ2n) is 6.21. The van der Waals surface area contributed by atoms with E-state index in [1.807, 2.05) is 6.07 Å². The van der Waals surface area contributed by atoms with E-state index < -0.39 is 5.82 Å². The first-order chi connectivity index (χ1) is 12.8. The monoisotopic (exact) mass is 355 g/mol. The summed E-state index contributed by atoms with van der Waals surface area (Å²) in [6, 6.07) is 6.31. The molecule has 2 aliphatic rings. The molecule has 7 nitrogen and oxygen atoms in total. The van der Waals surface area contributed by atoms with Crippen molar-refractivity contribution in [1.29, 1.82) is 5.26 Å². The number of fused-ring (bicyclic) bond motifs is 1. The fraction of sp³-hybridized carbons (Fsp3) is 0.389. The number of nitrogens with zero attached hydrogens (tertiary/aromatic N) is 4. The van der Waals surface area contributed by atoms with Crippen LogP contribution in [-0.2, 0) is 0 Å². The standard InChI is InChI=1S/C18H18FN5O2/c19-14-9-12(10-20)1-2-15(14)26-18-16-17(22-11-23-18)24(7-8-25-16)13-3-5-21-6-4-13/h1-2,9,11,13,21H,3-8H2. The van der Waals surface area contributed by atoms with Gasteiger partial charge in [-0.25, -0.2) is 9.37 Å². The molecule has 0 amide bonds. The molecular formula is C18H18FN5O2. The molecule has 0 unspecified atom stereocenters. The number of halogens is 1. The maximum absolute atomic E-state index is 14.1. The highest BCUT2D eigenvalue weighted by atomic mass is 19.1. The zero-order valence-corrected chi connectivity index (χ0v) is 14.1. The largest absolute Gasteiger partial charge is 0.483 e. The van der Waals surface area contributed by atoms with E-state index in [0.29, 0.717) is 24.2 Å². The van der Waals surface area contributed by atoms with Crippen molar-refractivity contribution < 1.29 is 13.9 Å². The number of benzene rings is 1. The van der Waals surface area contributed by atoms with E-state index in [4.69, 9.17) is 14.7 Å². The van der Waals surface area contributed by atoms with E-state index >= 15 is 0 Å². The molecule has 2 aromatic rings. The summed E-state index contributed by atoms with van der Waals surface area (Å²) in [7, 11) is 0. The Bertz CT molecular complexity index is 848. The van der Waals surface area contributed by atoms with Crippen molar-refractivity contribution in [3.8, 4) is 23.4 Å². The number of ether oxygens (including phenoxy) is 2. The van der Waals surface area contributed by atoms with E-state index in [1.165, 1.54) is 18.5 Å². The van der Waals surface area contributed by atoms with Gasteiger partial charge in [0, 0.05) is 6.04 Å². The summed E-state index contributed by atoms with van der Waals surface area (Å²) in [5.74, 6) is 0.662. The van der Waals surface area contributed by atoms with Crippen molar-refractivity contribution in [1.82, 2.24) is 15.3 Å². The lowest BCUT2D eigenvalue weighted by molar-refractivity contribution is 0.271. The first kappa shape index (κ1) is 16.5. The third-order valence-electron chi connectivity index (χ3n) is 4.62. The minimum Gasteiger partial charge on any atom is -0.483 e. The molecule has 26 heavy (non-hydrogen) atoms. The van der Waals surface area contributed by atoms with Crippen LogP contribution < -0.4 is 19.7 Å². The van der Waals surface area contributed by atoms with Crippen LogP contribution in [0, 0.1) is 17.1 Å². The predicted molar refractivity (Wildman–Crippen MR) is 92.0 cm³/mol. The lowest BCUT2D eigenvalue weighted by Crippen LogP contribution is -2.47. The summed E-state index contributed by atoms with van der Waals surface area (Å²) in [5, 5.41) is 12.2. The normalized spacial score (nSPS) is 17.2. The molecule has 1 N–H and O–H groups in total. The topological polar surface area (TPSA) is 83.3 Å². The molecule has 1 fully saturated rings. The molecule has 1 aromatic carbocycles. The maximum atomic E-state index is 14.1. The van der Waals surface area contributed by atoms with Crippen molar-refractivity contribution in [2.75, 3.05) is 31.1 Å². The van der Waals surface area contributed by atoms with Gasteiger partial charge in [0.15, 0.2) is 17.4 Å². The molecule has 8 heteroatoms. The Hall–Kier alpha value is -2.92. The van der Waals surface area contributed by atoms with Crippen molar-refractivity contribution in [2.45, 2.75) is 18.9 Å². The Morgan fingerprint density at radius 1 is 1.31 bits per heavy atom. The molecule has 2 aliphatic heterocycles. The molecule has 3 heterocycles. The van der Waals surface area contributed by atoms with Crippen LogP contribution in [0.15, 0.2) is 24.5 Å². The van der Waals surface area contributed by atoms with Crippen LogP contribution in [0.25, 0.3) is 0 Å². The average Bonchev–Trinajstić information content (AvgIpc) is 2.70. The predicted octanol–water partition coefficient (Wildman–Crippen LogP) is 2.23. The Kier molecular flexibility index (Phi) is 4.54. The fourth-order valence-corrected chi connectivity index (χ4v) is 3.34. The number of nitriles is 1. The van der Waals surface area contributed by atoms with E-state index in [2.05, 4.69) is 20.2 Å². The van der Waals surface area contributed by atoms with Crippen molar-refractivity contribution in [2.24, 2.45) is 0 Å². The second kappa shape index (κ2) is 7.14. The first-order valence-electron chi connectivity index (χ1n) is 8.59. The lowest BCUT2D eigenvalue weighted by Gasteiger charge is -2.38. The van der Waals surface area contributed by atoms with Gasteiger partial charge in [0.05, 0.1) is 18.2 Å². The van der Waals surface area contributed by atoms with Crippen LogP contribution in [0.3, 0.4) is 0 Å². The van der Waals surface area contributed by atoms with E-state index in [9.17, 15) is 4.39 Å². The molecule has 0 saturated carbocycles. The zero-order valence-electron chi connectivity index (χ0n) is 14.1. The SMILES string of the molecule is N#Cc1ccc(Oc2ncnc3c2OCCN3C2CCNCC2)c(F)c1. The number of hydrogen-bond donors (Lipinski definition) is 1. The van der Waals surface area contributed by atoms with Gasteiger partial charge in [0.1, 0.15) is 12.9 Å². The molecule has 0 bridgehead atoms. The third kappa shape index (κ3) is 3.13. The van der Waals surface area contributed by atoms with Crippen LogP contribution in [0.1, 0.15) is 18.4 Å². The third-order valence-corrected chi connectivity index (χ3v) is 4.62. The molecule has 134 valence electrons. The first-order valence-corrected chi connectivity index (χ1v) is 8.59. The summed E-state index contributed by atoms with van der Waals surface area (Å²) < 4.78 is 25.5. The Morgan fingerprint density at radius 3 is 2.92 bits per heavy atom. The van der Waals surface area contributed by atoms with Crippen LogP contribution in [0.4, 0.5) is 10.2 Å². The Morgan fingerprint density at radius 2 is 2.15 bits per heavy atom. The molecular weight excluding hydrogens is 337 g/mol. The smallest absolute Gasteiger partial charge is 0.268 e. The van der Waals surface area contributed by atoms with Gasteiger partial charge in [-0.05, 0) is 44.1 Å². The van der Waals surface area contributed by atoms with Gasteiger partial charge < -0.3 is 19.7 Å². The number of aromatic nitrogens is 2. The number of piperidine rings is 1. The van der Waals surface area contributed by atoms with Gasteiger partial charge in [0.2, 0.25) is 5.75 Å². The van der Waals surface area contributed by atoms with Gasteiger partial charge in [-0.3, -0.25) is 0 Å². The highest BCUT2D eigenvalue weighted by Gasteiger charge is 2.30. The lowest BCUT2D eigenvalue weighted by atomic mass is 10.0. The van der Waals surface area contributed by atoms with Gasteiger partial charge in [-0.1, -0.05) is 0 Å². The number of hydrogen-bond acceptors (Lipinski definition) is 7. The average molecular weight is 355 g/mol. The molecule has 0 atom stereocenters. The minimum atomic E-state index is -0.623. The second-order valence-corrected chi connectivity index (χ2v) is 6.21. The number of anilines is 1. The van der Waals surface area contributed by atoms with E-state index in [-0.39, 0.29) is 17.2 Å². The number of nitrogens with one attached hydrogen (secondary N) is 1. The molecule has 1 aromatic heterocycles. The van der Waals surface area contributed by atoms with Crippen molar-refractivity contribution in [3.05, 3.63) is 35.9 Å². The Labute approximate surface area is 150 Å². The summed E-state index contributed by atoms with van der Waals surface area (Å²) in [4.78, 5) is 10.7. The van der Waals surface area contributed by atoms with Crippen LogP contribution in [0.5, 0.6) is 17.4 Å². The van der Waals surface area contributed by atoms with Gasteiger partial charge in [-0.2, -0.15) is 10.2 Å². The van der Waals surface area contributed by atoms with Crippen LogP contribution in [-0.4, -0.2) is 42.3 Å². The molecule has 1 saturated heterocycles. The molecule has 0 radical (unpaired) electrons. The highest BCUT2D eigenvalue weighted by Crippen LogP contribution is 2.40. The van der Waals surface area contributed by atoms with Crippen molar-refractivity contribution in [3.63, 3.8) is 0 Å². The van der Waals surface area contributed by atoms with Gasteiger partial charge in [0.25, 0.3) is 5.88 Å². The van der Waals surface area contributed by atoms with Gasteiger partial charge in [-0.15, -0.1) is 0 Å². The summed E-state index contributed by atoms with van der Waals surface area (Å²) in [6.45, 7) is 3.19. The summed E-state index contributed by atoms with van der Waals surface area (Å²) in [5.41, 5.74) is 0.230. The molecule has 0 spiro atoms.